The van der Waals surface area contributed by atoms with Crippen LogP contribution in [0.1, 0.15) is 0 Å². The number of hydrogen-bond acceptors (Lipinski definition) is 2. The SMILES string of the molecule is c1ccc(-c2cc(-c3ccccc3)nc(-n3c4ccccc4c4c5ccccc5c5c(c6cccc7c8ccccc8n5c76)c43)n2)cc1. The Morgan fingerprint density at radius 2 is 0.875 bits per heavy atom. The lowest BCUT2D eigenvalue weighted by Crippen LogP contribution is -2.04. The predicted molar refractivity (Wildman–Crippen MR) is 199 cm³/mol. The van der Waals surface area contributed by atoms with Gasteiger partial charge in [0.25, 0.3) is 0 Å². The maximum absolute atomic E-state index is 5.36. The van der Waals surface area contributed by atoms with Crippen molar-refractivity contribution in [2.24, 2.45) is 0 Å². The minimum atomic E-state index is 0.660. The molecule has 0 saturated carbocycles. The van der Waals surface area contributed by atoms with E-state index < -0.39 is 0 Å². The van der Waals surface area contributed by atoms with Crippen LogP contribution >= 0.6 is 0 Å². The van der Waals surface area contributed by atoms with Gasteiger partial charge in [-0.1, -0.05) is 140 Å². The fourth-order valence-electron chi connectivity index (χ4n) is 8.10. The van der Waals surface area contributed by atoms with E-state index >= 15 is 0 Å². The van der Waals surface area contributed by atoms with E-state index in [4.69, 9.17) is 9.97 Å². The van der Waals surface area contributed by atoms with Crippen LogP contribution in [0.5, 0.6) is 0 Å². The van der Waals surface area contributed by atoms with Gasteiger partial charge in [-0.3, -0.25) is 4.57 Å². The van der Waals surface area contributed by atoms with Crippen LogP contribution in [0.4, 0.5) is 0 Å². The highest BCUT2D eigenvalue weighted by Crippen LogP contribution is 2.48. The number of para-hydroxylation sites is 3. The Kier molecular flexibility index (Phi) is 5.08. The van der Waals surface area contributed by atoms with Crippen molar-refractivity contribution >= 4 is 70.7 Å². The standard InChI is InChI=1S/C44H26N4/c1-3-14-27(15-4-1)35-26-36(28-16-5-2-6-17-28)46-44(45-35)48-38-25-12-10-21-33(38)39-30-19-7-8-20-32(30)42-40(43(39)48)34-23-13-22-31-29-18-9-11-24-37(29)47(42)41(31)34/h1-26H. The summed E-state index contributed by atoms with van der Waals surface area (Å²) in [6, 6.07) is 56.1. The Bertz CT molecular complexity index is 2990. The third-order valence-electron chi connectivity index (χ3n) is 10.0. The van der Waals surface area contributed by atoms with E-state index in [1.54, 1.807) is 0 Å². The molecule has 0 fully saturated rings. The van der Waals surface area contributed by atoms with Gasteiger partial charge in [0.1, 0.15) is 0 Å². The first kappa shape index (κ1) is 25.6. The molecule has 4 heteroatoms. The summed E-state index contributed by atoms with van der Waals surface area (Å²) in [5, 5.41) is 9.89. The fraction of sp³-hybridized carbons (Fsp3) is 0. The average Bonchev–Trinajstić information content (AvgIpc) is 3.81. The van der Waals surface area contributed by atoms with Crippen LogP contribution in [-0.2, 0) is 0 Å². The Morgan fingerprint density at radius 3 is 1.58 bits per heavy atom. The lowest BCUT2D eigenvalue weighted by atomic mass is 9.98. The van der Waals surface area contributed by atoms with E-state index in [1.165, 1.54) is 59.6 Å². The van der Waals surface area contributed by atoms with E-state index in [-0.39, 0.29) is 0 Å². The van der Waals surface area contributed by atoms with Crippen molar-refractivity contribution in [1.82, 2.24) is 18.9 Å². The van der Waals surface area contributed by atoms with Gasteiger partial charge in [0.2, 0.25) is 5.95 Å². The summed E-state index contributed by atoms with van der Waals surface area (Å²) in [6.45, 7) is 0. The smallest absolute Gasteiger partial charge is 0.235 e. The molecule has 0 bridgehead atoms. The molecule has 0 amide bonds. The number of aromatic nitrogens is 4. The second-order valence-corrected chi connectivity index (χ2v) is 12.6. The van der Waals surface area contributed by atoms with Crippen molar-refractivity contribution in [3.63, 3.8) is 0 Å². The first-order chi connectivity index (χ1) is 23.8. The monoisotopic (exact) mass is 610 g/mol. The van der Waals surface area contributed by atoms with Gasteiger partial charge in [-0.2, -0.15) is 0 Å². The van der Waals surface area contributed by atoms with Crippen molar-refractivity contribution in [3.8, 4) is 28.5 Å². The Balaban J connectivity index is 1.40. The summed E-state index contributed by atoms with van der Waals surface area (Å²) in [4.78, 5) is 10.7. The zero-order valence-electron chi connectivity index (χ0n) is 25.8. The molecule has 48 heavy (non-hydrogen) atoms. The van der Waals surface area contributed by atoms with Crippen LogP contribution in [0.2, 0.25) is 0 Å². The molecule has 11 rings (SSSR count). The molecular weight excluding hydrogens is 585 g/mol. The van der Waals surface area contributed by atoms with Gasteiger partial charge in [-0.25, -0.2) is 9.97 Å². The topological polar surface area (TPSA) is 35.1 Å². The number of rotatable bonds is 3. The normalized spacial score (nSPS) is 12.2. The summed E-state index contributed by atoms with van der Waals surface area (Å²) in [7, 11) is 0. The highest BCUT2D eigenvalue weighted by molar-refractivity contribution is 6.38. The molecule has 11 aromatic rings. The summed E-state index contributed by atoms with van der Waals surface area (Å²) in [5.41, 5.74) is 9.82. The summed E-state index contributed by atoms with van der Waals surface area (Å²) in [6.07, 6.45) is 0. The molecule has 0 aliphatic rings. The average molecular weight is 611 g/mol. The second kappa shape index (κ2) is 9.50. The highest BCUT2D eigenvalue weighted by atomic mass is 15.2. The van der Waals surface area contributed by atoms with Crippen LogP contribution in [0.25, 0.3) is 99.1 Å². The van der Waals surface area contributed by atoms with Crippen molar-refractivity contribution < 1.29 is 0 Å². The van der Waals surface area contributed by atoms with Gasteiger partial charge in [-0.15, -0.1) is 0 Å². The molecule has 0 radical (unpaired) electrons. The second-order valence-electron chi connectivity index (χ2n) is 12.6. The van der Waals surface area contributed by atoms with E-state index in [0.717, 1.165) is 33.5 Å². The molecule has 0 N–H and O–H groups in total. The minimum Gasteiger partial charge on any atom is -0.307 e. The quantitative estimate of drug-likeness (QED) is 0.199. The van der Waals surface area contributed by atoms with Gasteiger partial charge in [0.15, 0.2) is 0 Å². The van der Waals surface area contributed by atoms with Gasteiger partial charge < -0.3 is 4.40 Å². The molecule has 4 heterocycles. The number of benzene rings is 7. The van der Waals surface area contributed by atoms with Crippen molar-refractivity contribution in [2.45, 2.75) is 0 Å². The van der Waals surface area contributed by atoms with E-state index in [1.807, 2.05) is 12.1 Å². The largest absolute Gasteiger partial charge is 0.307 e. The van der Waals surface area contributed by atoms with Crippen LogP contribution in [0.3, 0.4) is 0 Å². The van der Waals surface area contributed by atoms with Crippen LogP contribution in [0.15, 0.2) is 158 Å². The number of fused-ring (bicyclic) bond motifs is 13. The molecule has 0 aliphatic heterocycles. The van der Waals surface area contributed by atoms with Crippen molar-refractivity contribution in [1.29, 1.82) is 0 Å². The highest BCUT2D eigenvalue weighted by Gasteiger charge is 2.26. The maximum Gasteiger partial charge on any atom is 0.235 e. The molecule has 222 valence electrons. The number of nitrogens with zero attached hydrogens (tertiary/aromatic N) is 4. The van der Waals surface area contributed by atoms with E-state index in [9.17, 15) is 0 Å². The van der Waals surface area contributed by atoms with Gasteiger partial charge in [-0.05, 0) is 23.6 Å². The van der Waals surface area contributed by atoms with Gasteiger partial charge in [0, 0.05) is 48.8 Å². The first-order valence-electron chi connectivity index (χ1n) is 16.4. The van der Waals surface area contributed by atoms with E-state index in [2.05, 4.69) is 155 Å². The Hall–Kier alpha value is -6.52. The molecule has 4 aromatic heterocycles. The molecule has 7 aromatic carbocycles. The Morgan fingerprint density at radius 1 is 0.354 bits per heavy atom. The fourth-order valence-corrected chi connectivity index (χ4v) is 8.10. The van der Waals surface area contributed by atoms with Crippen molar-refractivity contribution in [3.05, 3.63) is 158 Å². The molecule has 0 atom stereocenters. The summed E-state index contributed by atoms with van der Waals surface area (Å²) in [5.74, 6) is 0.660. The molecule has 0 aliphatic carbocycles. The van der Waals surface area contributed by atoms with E-state index in [0.29, 0.717) is 5.95 Å². The molecule has 4 nitrogen and oxygen atoms in total. The van der Waals surface area contributed by atoms with Crippen LogP contribution in [0, 0.1) is 0 Å². The third kappa shape index (κ3) is 3.33. The lowest BCUT2D eigenvalue weighted by molar-refractivity contribution is 0.998. The van der Waals surface area contributed by atoms with Crippen molar-refractivity contribution in [2.75, 3.05) is 0 Å². The van der Waals surface area contributed by atoms with Gasteiger partial charge >= 0.3 is 0 Å². The molecule has 0 saturated heterocycles. The number of hydrogen-bond donors (Lipinski definition) is 0. The zero-order valence-corrected chi connectivity index (χ0v) is 25.8. The molecule has 0 unspecified atom stereocenters. The molecular formula is C44H26N4. The first-order valence-corrected chi connectivity index (χ1v) is 16.4. The minimum absolute atomic E-state index is 0.660. The Labute approximate surface area is 275 Å². The van der Waals surface area contributed by atoms with Crippen LogP contribution < -0.4 is 0 Å². The predicted octanol–water partition coefficient (Wildman–Crippen LogP) is 11.2. The lowest BCUT2D eigenvalue weighted by Gasteiger charge is -2.13. The zero-order chi connectivity index (χ0) is 31.3. The third-order valence-corrected chi connectivity index (χ3v) is 10.0. The molecule has 0 spiro atoms. The summed E-state index contributed by atoms with van der Waals surface area (Å²) < 4.78 is 4.82. The van der Waals surface area contributed by atoms with Crippen LogP contribution in [-0.4, -0.2) is 18.9 Å². The summed E-state index contributed by atoms with van der Waals surface area (Å²) >= 11 is 0. The van der Waals surface area contributed by atoms with Gasteiger partial charge in [0.05, 0.1) is 39.0 Å². The maximum atomic E-state index is 5.36.